The van der Waals surface area contributed by atoms with Crippen LogP contribution in [0.4, 0.5) is 0 Å². The summed E-state index contributed by atoms with van der Waals surface area (Å²) >= 11 is 5.55. The molecule has 1 fully saturated rings. The van der Waals surface area contributed by atoms with Crippen molar-refractivity contribution in [1.82, 2.24) is 19.8 Å². The van der Waals surface area contributed by atoms with Crippen molar-refractivity contribution in [2.45, 2.75) is 38.9 Å². The first-order valence-corrected chi connectivity index (χ1v) is 8.19. The Labute approximate surface area is 137 Å². The lowest BCUT2D eigenvalue weighted by Gasteiger charge is -2.28. The van der Waals surface area contributed by atoms with Crippen molar-refractivity contribution in [3.05, 3.63) is 54.1 Å². The average Bonchev–Trinajstić information content (AvgIpc) is 3.11. The van der Waals surface area contributed by atoms with Gasteiger partial charge in [0, 0.05) is 30.7 Å². The molecule has 0 spiro atoms. The molecule has 0 amide bonds. The van der Waals surface area contributed by atoms with E-state index in [0.29, 0.717) is 6.04 Å². The lowest BCUT2D eigenvalue weighted by Crippen LogP contribution is -2.30. The molecule has 0 radical (unpaired) electrons. The van der Waals surface area contributed by atoms with Gasteiger partial charge in [-0.2, -0.15) is 0 Å². The maximum absolute atomic E-state index is 5.55. The standard InChI is InChI=1S/C17H22N4S/c1-4-20-16(14-9-7-11-21(14)12(2)3)15(19-17(20)22)13-8-5-6-10-18-13/h5-12,15-16H,4H2,1-3H3,(H,19,22)/t15-,16-/m1/s1. The molecular formula is C17H22N4S. The van der Waals surface area contributed by atoms with Gasteiger partial charge in [-0.1, -0.05) is 6.07 Å². The summed E-state index contributed by atoms with van der Waals surface area (Å²) in [5.74, 6) is 0. The third-order valence-electron chi connectivity index (χ3n) is 4.21. The second-order valence-electron chi connectivity index (χ2n) is 5.85. The van der Waals surface area contributed by atoms with Gasteiger partial charge in [-0.3, -0.25) is 4.98 Å². The van der Waals surface area contributed by atoms with Crippen LogP contribution in [0.3, 0.4) is 0 Å². The molecule has 1 aliphatic rings. The molecule has 1 N–H and O–H groups in total. The normalized spacial score (nSPS) is 21.5. The molecule has 1 saturated heterocycles. The van der Waals surface area contributed by atoms with Crippen molar-refractivity contribution in [3.8, 4) is 0 Å². The van der Waals surface area contributed by atoms with Crippen LogP contribution in [0.1, 0.15) is 50.3 Å². The Morgan fingerprint density at radius 1 is 1.27 bits per heavy atom. The number of thiocarbonyl (C=S) groups is 1. The second-order valence-corrected chi connectivity index (χ2v) is 6.23. The Morgan fingerprint density at radius 3 is 2.73 bits per heavy atom. The van der Waals surface area contributed by atoms with E-state index in [1.165, 1.54) is 5.69 Å². The molecule has 116 valence electrons. The fraction of sp³-hybridized carbons (Fsp3) is 0.412. The summed E-state index contributed by atoms with van der Waals surface area (Å²) in [5, 5.41) is 4.26. The van der Waals surface area contributed by atoms with Crippen molar-refractivity contribution in [2.75, 3.05) is 6.54 Å². The minimum absolute atomic E-state index is 0.0843. The zero-order valence-corrected chi connectivity index (χ0v) is 14.0. The van der Waals surface area contributed by atoms with Crippen molar-refractivity contribution >= 4 is 17.3 Å². The number of likely N-dealkylation sites (N-methyl/N-ethyl adjacent to an activating group) is 1. The summed E-state index contributed by atoms with van der Waals surface area (Å²) in [6.07, 6.45) is 3.98. The van der Waals surface area contributed by atoms with Crippen LogP contribution < -0.4 is 5.32 Å². The van der Waals surface area contributed by atoms with Gasteiger partial charge < -0.3 is 14.8 Å². The van der Waals surface area contributed by atoms with Crippen molar-refractivity contribution in [1.29, 1.82) is 0 Å². The summed E-state index contributed by atoms with van der Waals surface area (Å²) < 4.78 is 2.32. The van der Waals surface area contributed by atoms with Crippen molar-refractivity contribution in [2.24, 2.45) is 0 Å². The number of nitrogens with one attached hydrogen (secondary N) is 1. The minimum atomic E-state index is 0.0843. The van der Waals surface area contributed by atoms with E-state index in [9.17, 15) is 0 Å². The van der Waals surface area contributed by atoms with Crippen molar-refractivity contribution in [3.63, 3.8) is 0 Å². The van der Waals surface area contributed by atoms with E-state index in [0.717, 1.165) is 17.4 Å². The highest BCUT2D eigenvalue weighted by Gasteiger charge is 2.40. The fourth-order valence-corrected chi connectivity index (χ4v) is 3.57. The monoisotopic (exact) mass is 314 g/mol. The molecule has 4 nitrogen and oxygen atoms in total. The van der Waals surface area contributed by atoms with Gasteiger partial charge in [-0.15, -0.1) is 0 Å². The summed E-state index contributed by atoms with van der Waals surface area (Å²) in [6, 6.07) is 11.0. The number of nitrogens with zero attached hydrogens (tertiary/aromatic N) is 3. The lowest BCUT2D eigenvalue weighted by molar-refractivity contribution is 0.311. The average molecular weight is 314 g/mol. The van der Waals surface area contributed by atoms with E-state index < -0.39 is 0 Å². The van der Waals surface area contributed by atoms with Gasteiger partial charge in [-0.05, 0) is 57.3 Å². The first-order chi connectivity index (χ1) is 10.6. The van der Waals surface area contributed by atoms with Crippen LogP contribution in [-0.2, 0) is 0 Å². The third-order valence-corrected chi connectivity index (χ3v) is 4.56. The Kier molecular flexibility index (Phi) is 4.16. The number of aromatic nitrogens is 2. The predicted octanol–water partition coefficient (Wildman–Crippen LogP) is 3.46. The molecule has 3 rings (SSSR count). The number of hydrogen-bond donors (Lipinski definition) is 1. The molecule has 0 aliphatic carbocycles. The van der Waals surface area contributed by atoms with Crippen LogP contribution >= 0.6 is 12.2 Å². The Hall–Kier alpha value is -1.88. The van der Waals surface area contributed by atoms with Gasteiger partial charge in [0.25, 0.3) is 0 Å². The first-order valence-electron chi connectivity index (χ1n) is 7.78. The highest BCUT2D eigenvalue weighted by molar-refractivity contribution is 7.80. The number of pyridine rings is 1. The Bertz CT molecular complexity index is 650. The molecular weight excluding hydrogens is 292 g/mol. The maximum Gasteiger partial charge on any atom is 0.170 e. The predicted molar refractivity (Wildman–Crippen MR) is 92.6 cm³/mol. The molecule has 5 heteroatoms. The van der Waals surface area contributed by atoms with Gasteiger partial charge >= 0.3 is 0 Å². The molecule has 2 atom stereocenters. The van der Waals surface area contributed by atoms with E-state index in [-0.39, 0.29) is 12.1 Å². The SMILES string of the molecule is CCN1C(=S)N[C@H](c2ccccn2)[C@H]1c1cccn1C(C)C. The van der Waals surface area contributed by atoms with Crippen LogP contribution in [0.5, 0.6) is 0 Å². The Balaban J connectivity index is 2.06. The lowest BCUT2D eigenvalue weighted by atomic mass is 10.0. The molecule has 0 unspecified atom stereocenters. The molecule has 2 aromatic rings. The van der Waals surface area contributed by atoms with E-state index in [1.807, 2.05) is 18.3 Å². The highest BCUT2D eigenvalue weighted by atomic mass is 32.1. The molecule has 2 aromatic heterocycles. The highest BCUT2D eigenvalue weighted by Crippen LogP contribution is 2.39. The topological polar surface area (TPSA) is 33.1 Å². The minimum Gasteiger partial charge on any atom is -0.352 e. The fourth-order valence-electron chi connectivity index (χ4n) is 3.20. The molecule has 0 bridgehead atoms. The van der Waals surface area contributed by atoms with Gasteiger partial charge in [0.1, 0.15) is 0 Å². The first kappa shape index (κ1) is 15.0. The molecule has 0 saturated carbocycles. The van der Waals surface area contributed by atoms with E-state index in [4.69, 9.17) is 12.2 Å². The van der Waals surface area contributed by atoms with Crippen LogP contribution in [0.15, 0.2) is 42.7 Å². The third kappa shape index (κ3) is 2.50. The molecule has 0 aromatic carbocycles. The largest absolute Gasteiger partial charge is 0.352 e. The van der Waals surface area contributed by atoms with Crippen LogP contribution in [-0.4, -0.2) is 26.1 Å². The molecule has 3 heterocycles. The van der Waals surface area contributed by atoms with E-state index in [1.54, 1.807) is 0 Å². The van der Waals surface area contributed by atoms with E-state index in [2.05, 4.69) is 64.9 Å². The summed E-state index contributed by atoms with van der Waals surface area (Å²) in [6.45, 7) is 7.43. The van der Waals surface area contributed by atoms with Crippen LogP contribution in [0.25, 0.3) is 0 Å². The molecule has 1 aliphatic heterocycles. The van der Waals surface area contributed by atoms with Crippen LogP contribution in [0.2, 0.25) is 0 Å². The number of rotatable bonds is 4. The Morgan fingerprint density at radius 2 is 2.09 bits per heavy atom. The molecule has 22 heavy (non-hydrogen) atoms. The van der Waals surface area contributed by atoms with Crippen LogP contribution in [0, 0.1) is 0 Å². The smallest absolute Gasteiger partial charge is 0.170 e. The van der Waals surface area contributed by atoms with Gasteiger partial charge in [-0.25, -0.2) is 0 Å². The van der Waals surface area contributed by atoms with Crippen molar-refractivity contribution < 1.29 is 0 Å². The van der Waals surface area contributed by atoms with Gasteiger partial charge in [0.05, 0.1) is 17.8 Å². The zero-order chi connectivity index (χ0) is 15.7. The quantitative estimate of drug-likeness (QED) is 0.876. The summed E-state index contributed by atoms with van der Waals surface area (Å²) in [4.78, 5) is 6.79. The van der Waals surface area contributed by atoms with Gasteiger partial charge in [0.2, 0.25) is 0 Å². The second kappa shape index (κ2) is 6.08. The van der Waals surface area contributed by atoms with Gasteiger partial charge in [0.15, 0.2) is 5.11 Å². The summed E-state index contributed by atoms with van der Waals surface area (Å²) in [7, 11) is 0. The summed E-state index contributed by atoms with van der Waals surface area (Å²) in [5.41, 5.74) is 2.31. The zero-order valence-electron chi connectivity index (χ0n) is 13.2. The van der Waals surface area contributed by atoms with E-state index >= 15 is 0 Å². The number of hydrogen-bond acceptors (Lipinski definition) is 2. The maximum atomic E-state index is 5.55.